The van der Waals surface area contributed by atoms with Gasteiger partial charge in [0.1, 0.15) is 5.69 Å². The number of rotatable bonds is 2. The van der Waals surface area contributed by atoms with Crippen LogP contribution in [0.15, 0.2) is 18.2 Å². The summed E-state index contributed by atoms with van der Waals surface area (Å²) >= 11 is 0. The maximum absolute atomic E-state index is 12.3. The van der Waals surface area contributed by atoms with Gasteiger partial charge in [-0.15, -0.1) is 0 Å². The smallest absolute Gasteiger partial charge is 0.272 e. The Morgan fingerprint density at radius 1 is 1.39 bits per heavy atom. The van der Waals surface area contributed by atoms with E-state index in [0.29, 0.717) is 11.7 Å². The quantitative estimate of drug-likeness (QED) is 0.795. The van der Waals surface area contributed by atoms with Crippen LogP contribution in [0.5, 0.6) is 0 Å². The molecule has 0 aliphatic carbocycles. The van der Waals surface area contributed by atoms with Gasteiger partial charge in [-0.3, -0.25) is 4.79 Å². The fraction of sp³-hybridized carbons (Fsp3) is 0.571. The molecule has 1 saturated heterocycles. The maximum Gasteiger partial charge on any atom is 0.272 e. The van der Waals surface area contributed by atoms with Crippen molar-refractivity contribution < 1.29 is 4.79 Å². The molecule has 1 fully saturated rings. The van der Waals surface area contributed by atoms with Crippen molar-refractivity contribution >= 4 is 5.91 Å². The number of hydrogen-bond acceptors (Lipinski definition) is 3. The predicted molar refractivity (Wildman–Crippen MR) is 71.6 cm³/mol. The molecule has 1 amide bonds. The highest BCUT2D eigenvalue weighted by molar-refractivity contribution is 5.92. The molecule has 2 heterocycles. The Kier molecular flexibility index (Phi) is 3.97. The molecular formula is C14H21N3O. The van der Waals surface area contributed by atoms with Crippen molar-refractivity contribution in [2.75, 3.05) is 27.2 Å². The number of piperidine rings is 1. The van der Waals surface area contributed by atoms with E-state index in [0.717, 1.165) is 31.6 Å². The second kappa shape index (κ2) is 5.48. The van der Waals surface area contributed by atoms with E-state index < -0.39 is 0 Å². The lowest BCUT2D eigenvalue weighted by molar-refractivity contribution is 0.0653. The number of aromatic nitrogens is 1. The van der Waals surface area contributed by atoms with Crippen LogP contribution in [0.25, 0.3) is 0 Å². The van der Waals surface area contributed by atoms with Gasteiger partial charge >= 0.3 is 0 Å². The molecule has 0 unspecified atom stereocenters. The van der Waals surface area contributed by atoms with Crippen LogP contribution in [-0.4, -0.2) is 53.9 Å². The molecule has 4 nitrogen and oxygen atoms in total. The summed E-state index contributed by atoms with van der Waals surface area (Å²) in [5, 5.41) is 0. The van der Waals surface area contributed by atoms with Crippen molar-refractivity contribution in [1.82, 2.24) is 14.8 Å². The number of aryl methyl sites for hydroxylation is 1. The highest BCUT2D eigenvalue weighted by Crippen LogP contribution is 2.16. The van der Waals surface area contributed by atoms with Gasteiger partial charge in [0.15, 0.2) is 0 Å². The number of carbonyl (C=O) groups excluding carboxylic acids is 1. The number of hydrogen-bond donors (Lipinski definition) is 0. The van der Waals surface area contributed by atoms with Crippen LogP contribution in [0.4, 0.5) is 0 Å². The normalized spacial score (nSPS) is 17.7. The fourth-order valence-electron chi connectivity index (χ4n) is 2.39. The van der Waals surface area contributed by atoms with E-state index in [2.05, 4.69) is 16.9 Å². The Labute approximate surface area is 109 Å². The van der Waals surface area contributed by atoms with Crippen molar-refractivity contribution in [3.05, 3.63) is 29.6 Å². The Balaban J connectivity index is 2.04. The molecule has 0 atom stereocenters. The lowest BCUT2D eigenvalue weighted by Gasteiger charge is -2.34. The molecule has 4 heteroatoms. The van der Waals surface area contributed by atoms with Crippen molar-refractivity contribution in [1.29, 1.82) is 0 Å². The Morgan fingerprint density at radius 2 is 2.06 bits per heavy atom. The minimum atomic E-state index is 0.0354. The summed E-state index contributed by atoms with van der Waals surface area (Å²) in [5.41, 5.74) is 1.44. The van der Waals surface area contributed by atoms with Crippen molar-refractivity contribution in [2.24, 2.45) is 0 Å². The number of likely N-dealkylation sites (tertiary alicyclic amines) is 1. The van der Waals surface area contributed by atoms with E-state index in [1.54, 1.807) is 6.07 Å². The largest absolute Gasteiger partial charge is 0.337 e. The molecule has 18 heavy (non-hydrogen) atoms. The van der Waals surface area contributed by atoms with E-state index in [1.165, 1.54) is 0 Å². The number of pyridine rings is 1. The van der Waals surface area contributed by atoms with Crippen molar-refractivity contribution in [3.63, 3.8) is 0 Å². The minimum Gasteiger partial charge on any atom is -0.337 e. The van der Waals surface area contributed by atoms with E-state index in [-0.39, 0.29) is 5.91 Å². The van der Waals surface area contributed by atoms with Gasteiger partial charge in [-0.2, -0.15) is 0 Å². The summed E-state index contributed by atoms with van der Waals surface area (Å²) < 4.78 is 0. The molecule has 0 bridgehead atoms. The molecule has 98 valence electrons. The fourth-order valence-corrected chi connectivity index (χ4v) is 2.39. The van der Waals surface area contributed by atoms with Gasteiger partial charge in [-0.1, -0.05) is 6.07 Å². The standard InChI is InChI=1S/C14H21N3O/c1-11-5-4-6-13(15-11)14(18)17(3)12-7-9-16(2)10-8-12/h4-6,12H,7-10H2,1-3H3. The summed E-state index contributed by atoms with van der Waals surface area (Å²) in [7, 11) is 4.02. The van der Waals surface area contributed by atoms with Gasteiger partial charge in [-0.25, -0.2) is 4.98 Å². The molecule has 1 aliphatic heterocycles. The lowest BCUT2D eigenvalue weighted by atomic mass is 10.0. The summed E-state index contributed by atoms with van der Waals surface area (Å²) in [4.78, 5) is 20.8. The third-order valence-electron chi connectivity index (χ3n) is 3.66. The van der Waals surface area contributed by atoms with Crippen LogP contribution in [0.1, 0.15) is 29.0 Å². The maximum atomic E-state index is 12.3. The number of carbonyl (C=O) groups is 1. The van der Waals surface area contributed by atoms with E-state index >= 15 is 0 Å². The van der Waals surface area contributed by atoms with Crippen LogP contribution in [0.3, 0.4) is 0 Å². The van der Waals surface area contributed by atoms with Crippen LogP contribution in [-0.2, 0) is 0 Å². The third kappa shape index (κ3) is 2.88. The number of amides is 1. The van der Waals surface area contributed by atoms with Gasteiger partial charge in [0.2, 0.25) is 0 Å². The SMILES string of the molecule is Cc1cccc(C(=O)N(C)C2CCN(C)CC2)n1. The monoisotopic (exact) mass is 247 g/mol. The van der Waals surface area contributed by atoms with E-state index in [4.69, 9.17) is 0 Å². The summed E-state index contributed by atoms with van der Waals surface area (Å²) in [6.07, 6.45) is 2.09. The Morgan fingerprint density at radius 3 is 2.67 bits per heavy atom. The molecule has 0 spiro atoms. The van der Waals surface area contributed by atoms with Crippen molar-refractivity contribution in [3.8, 4) is 0 Å². The van der Waals surface area contributed by atoms with Gasteiger partial charge in [0.05, 0.1) is 0 Å². The van der Waals surface area contributed by atoms with Gasteiger partial charge in [-0.05, 0) is 52.0 Å². The average Bonchev–Trinajstić information content (AvgIpc) is 2.38. The van der Waals surface area contributed by atoms with E-state index in [1.807, 2.05) is 31.0 Å². The second-order valence-electron chi connectivity index (χ2n) is 5.11. The molecule has 1 aromatic rings. The topological polar surface area (TPSA) is 36.4 Å². The van der Waals surface area contributed by atoms with Crippen LogP contribution in [0, 0.1) is 6.92 Å². The molecule has 0 saturated carbocycles. The Hall–Kier alpha value is -1.42. The molecule has 0 aromatic carbocycles. The molecule has 2 rings (SSSR count). The van der Waals surface area contributed by atoms with Crippen molar-refractivity contribution in [2.45, 2.75) is 25.8 Å². The first-order chi connectivity index (χ1) is 8.58. The highest BCUT2D eigenvalue weighted by atomic mass is 16.2. The van der Waals surface area contributed by atoms with E-state index in [9.17, 15) is 4.79 Å². The highest BCUT2D eigenvalue weighted by Gasteiger charge is 2.25. The second-order valence-corrected chi connectivity index (χ2v) is 5.11. The first kappa shape index (κ1) is 13.0. The summed E-state index contributed by atoms with van der Waals surface area (Å²) in [5.74, 6) is 0.0354. The predicted octanol–water partition coefficient (Wildman–Crippen LogP) is 1.56. The van der Waals surface area contributed by atoms with Crippen LogP contribution < -0.4 is 0 Å². The molecule has 1 aromatic heterocycles. The zero-order valence-electron chi connectivity index (χ0n) is 11.4. The zero-order chi connectivity index (χ0) is 13.1. The van der Waals surface area contributed by atoms with Crippen LogP contribution in [0.2, 0.25) is 0 Å². The number of nitrogens with zero attached hydrogens (tertiary/aromatic N) is 3. The lowest BCUT2D eigenvalue weighted by Crippen LogP contribution is -2.44. The Bertz CT molecular complexity index is 425. The summed E-state index contributed by atoms with van der Waals surface area (Å²) in [6, 6.07) is 5.93. The first-order valence-corrected chi connectivity index (χ1v) is 6.47. The third-order valence-corrected chi connectivity index (χ3v) is 3.66. The average molecular weight is 247 g/mol. The van der Waals surface area contributed by atoms with Crippen LogP contribution >= 0.6 is 0 Å². The molecule has 0 radical (unpaired) electrons. The summed E-state index contributed by atoms with van der Waals surface area (Å²) in [6.45, 7) is 4.03. The first-order valence-electron chi connectivity index (χ1n) is 6.47. The van der Waals surface area contributed by atoms with Gasteiger partial charge in [0, 0.05) is 18.8 Å². The van der Waals surface area contributed by atoms with Gasteiger partial charge < -0.3 is 9.80 Å². The minimum absolute atomic E-state index is 0.0354. The molecule has 1 aliphatic rings. The molecular weight excluding hydrogens is 226 g/mol. The zero-order valence-corrected chi connectivity index (χ0v) is 11.4. The molecule has 0 N–H and O–H groups in total. The van der Waals surface area contributed by atoms with Gasteiger partial charge in [0.25, 0.3) is 5.91 Å².